The molecule has 5 nitrogen and oxygen atoms in total. The second-order valence-electron chi connectivity index (χ2n) is 4.15. The number of aromatic hydroxyl groups is 1. The Balaban J connectivity index is 2.55. The van der Waals surface area contributed by atoms with Crippen LogP contribution in [0.25, 0.3) is 11.1 Å². The van der Waals surface area contributed by atoms with Gasteiger partial charge in [0.25, 0.3) is 5.56 Å². The molecule has 5 heteroatoms. The van der Waals surface area contributed by atoms with E-state index in [1.807, 2.05) is 13.0 Å². The molecule has 0 amide bonds. The van der Waals surface area contributed by atoms with Crippen LogP contribution in [0, 0.1) is 0 Å². The number of rotatable bonds is 3. The predicted octanol–water partition coefficient (Wildman–Crippen LogP) is 1.20. The molecule has 0 saturated carbocycles. The van der Waals surface area contributed by atoms with Crippen LogP contribution in [-0.4, -0.2) is 21.6 Å². The molecule has 0 aliphatic rings. The first kappa shape index (κ1) is 12.3. The van der Waals surface area contributed by atoms with E-state index in [9.17, 15) is 9.90 Å². The largest absolute Gasteiger partial charge is 0.493 e. The van der Waals surface area contributed by atoms with Crippen molar-refractivity contribution in [2.24, 2.45) is 5.73 Å². The lowest BCUT2D eigenvalue weighted by molar-refractivity contribution is 0.447. The molecule has 1 heterocycles. The first-order valence-electron chi connectivity index (χ1n) is 5.72. The summed E-state index contributed by atoms with van der Waals surface area (Å²) >= 11 is 0. The van der Waals surface area contributed by atoms with Gasteiger partial charge >= 0.3 is 0 Å². The van der Waals surface area contributed by atoms with Gasteiger partial charge in [0.2, 0.25) is 5.88 Å². The summed E-state index contributed by atoms with van der Waals surface area (Å²) in [5, 5.41) is 9.90. The van der Waals surface area contributed by atoms with Crippen LogP contribution in [0.5, 0.6) is 5.88 Å². The van der Waals surface area contributed by atoms with Crippen molar-refractivity contribution >= 4 is 0 Å². The van der Waals surface area contributed by atoms with Crippen molar-refractivity contribution in [3.05, 3.63) is 46.5 Å². The third-order valence-electron chi connectivity index (χ3n) is 2.80. The van der Waals surface area contributed by atoms with E-state index < -0.39 is 0 Å². The number of hydrogen-bond acceptors (Lipinski definition) is 4. The van der Waals surface area contributed by atoms with Crippen LogP contribution in [0.1, 0.15) is 18.7 Å². The minimum Gasteiger partial charge on any atom is -0.493 e. The van der Waals surface area contributed by atoms with Crippen molar-refractivity contribution in [1.82, 2.24) is 9.97 Å². The van der Waals surface area contributed by atoms with Gasteiger partial charge in [-0.25, -0.2) is 0 Å². The maximum atomic E-state index is 12.0. The van der Waals surface area contributed by atoms with E-state index in [1.165, 1.54) is 0 Å². The molecule has 0 fully saturated rings. The number of aromatic amines is 1. The number of H-pyrrole nitrogens is 1. The van der Waals surface area contributed by atoms with Crippen LogP contribution >= 0.6 is 0 Å². The molecule has 94 valence electrons. The first-order chi connectivity index (χ1) is 8.63. The zero-order valence-corrected chi connectivity index (χ0v) is 10.1. The van der Waals surface area contributed by atoms with Crippen molar-refractivity contribution in [2.75, 3.05) is 6.54 Å². The Hall–Kier alpha value is -2.14. The highest BCUT2D eigenvalue weighted by Crippen LogP contribution is 2.23. The third-order valence-corrected chi connectivity index (χ3v) is 2.80. The van der Waals surface area contributed by atoms with Gasteiger partial charge in [-0.3, -0.25) is 4.79 Å². The Kier molecular flexibility index (Phi) is 3.43. The number of aromatic nitrogens is 2. The zero-order valence-electron chi connectivity index (χ0n) is 10.1. The molecular formula is C13H15N3O2. The van der Waals surface area contributed by atoms with Gasteiger partial charge in [0.1, 0.15) is 11.4 Å². The highest BCUT2D eigenvalue weighted by molar-refractivity contribution is 5.66. The number of nitrogens with two attached hydrogens (primary N) is 1. The summed E-state index contributed by atoms with van der Waals surface area (Å²) in [7, 11) is 0. The van der Waals surface area contributed by atoms with Crippen LogP contribution in [0.2, 0.25) is 0 Å². The smallest absolute Gasteiger partial charge is 0.262 e. The van der Waals surface area contributed by atoms with Crippen LogP contribution in [0.15, 0.2) is 35.1 Å². The number of nitrogens with zero attached hydrogens (tertiary/aromatic N) is 1. The Morgan fingerprint density at radius 2 is 2.06 bits per heavy atom. The summed E-state index contributed by atoms with van der Waals surface area (Å²) in [6, 6.07) is 8.93. The number of benzene rings is 1. The average Bonchev–Trinajstić information content (AvgIpc) is 2.38. The Bertz CT molecular complexity index is 593. The molecule has 2 aromatic rings. The highest BCUT2D eigenvalue weighted by Gasteiger charge is 2.15. The quantitative estimate of drug-likeness (QED) is 0.757. The fraction of sp³-hybridized carbons (Fsp3) is 0.231. The molecule has 0 aliphatic heterocycles. The summed E-state index contributed by atoms with van der Waals surface area (Å²) in [6.07, 6.45) is 0. The lowest BCUT2D eigenvalue weighted by Gasteiger charge is -2.10. The minimum absolute atomic E-state index is 0.103. The lowest BCUT2D eigenvalue weighted by Crippen LogP contribution is -2.19. The van der Waals surface area contributed by atoms with Gasteiger partial charge in [0.15, 0.2) is 0 Å². The van der Waals surface area contributed by atoms with E-state index in [-0.39, 0.29) is 22.9 Å². The highest BCUT2D eigenvalue weighted by atomic mass is 16.3. The van der Waals surface area contributed by atoms with E-state index in [1.54, 1.807) is 24.3 Å². The van der Waals surface area contributed by atoms with Gasteiger partial charge < -0.3 is 15.8 Å². The summed E-state index contributed by atoms with van der Waals surface area (Å²) in [5.41, 5.74) is 5.97. The number of hydrogen-bond donors (Lipinski definition) is 3. The van der Waals surface area contributed by atoms with E-state index in [2.05, 4.69) is 9.97 Å². The van der Waals surface area contributed by atoms with Gasteiger partial charge in [0, 0.05) is 12.5 Å². The zero-order chi connectivity index (χ0) is 13.1. The topological polar surface area (TPSA) is 92.0 Å². The van der Waals surface area contributed by atoms with Gasteiger partial charge in [-0.2, -0.15) is 4.98 Å². The third kappa shape index (κ3) is 2.26. The second-order valence-corrected chi connectivity index (χ2v) is 4.15. The Labute approximate surface area is 104 Å². The summed E-state index contributed by atoms with van der Waals surface area (Å²) in [5.74, 6) is 0.0355. The second kappa shape index (κ2) is 5.01. The Morgan fingerprint density at radius 1 is 1.39 bits per heavy atom. The molecular weight excluding hydrogens is 230 g/mol. The SMILES string of the molecule is CC(CN)c1nc(O)c(-c2ccccc2)c(=O)[nH]1. The first-order valence-corrected chi connectivity index (χ1v) is 5.72. The summed E-state index contributed by atoms with van der Waals surface area (Å²) in [6.45, 7) is 2.19. The molecule has 1 unspecified atom stereocenters. The lowest BCUT2D eigenvalue weighted by atomic mass is 10.1. The molecule has 1 aromatic carbocycles. The summed E-state index contributed by atoms with van der Waals surface area (Å²) in [4.78, 5) is 18.6. The normalized spacial score (nSPS) is 12.3. The standard InChI is InChI=1S/C13H15N3O2/c1-8(7-14)11-15-12(17)10(13(18)16-11)9-5-3-2-4-6-9/h2-6,8H,7,14H2,1H3,(H2,15,16,17,18). The van der Waals surface area contributed by atoms with Crippen LogP contribution in [0.4, 0.5) is 0 Å². The van der Waals surface area contributed by atoms with E-state index in [0.717, 1.165) is 0 Å². The van der Waals surface area contributed by atoms with Gasteiger partial charge in [0.05, 0.1) is 0 Å². The maximum Gasteiger partial charge on any atom is 0.262 e. The fourth-order valence-electron chi connectivity index (χ4n) is 1.69. The molecule has 0 aliphatic carbocycles. The molecule has 0 bridgehead atoms. The molecule has 0 radical (unpaired) electrons. The molecule has 0 saturated heterocycles. The number of nitrogens with one attached hydrogen (secondary N) is 1. The van der Waals surface area contributed by atoms with Crippen molar-refractivity contribution in [3.63, 3.8) is 0 Å². The van der Waals surface area contributed by atoms with E-state index in [0.29, 0.717) is 17.9 Å². The van der Waals surface area contributed by atoms with Crippen molar-refractivity contribution in [3.8, 4) is 17.0 Å². The van der Waals surface area contributed by atoms with Crippen LogP contribution < -0.4 is 11.3 Å². The summed E-state index contributed by atoms with van der Waals surface area (Å²) < 4.78 is 0. The molecule has 4 N–H and O–H groups in total. The van der Waals surface area contributed by atoms with Crippen molar-refractivity contribution < 1.29 is 5.11 Å². The fourth-order valence-corrected chi connectivity index (χ4v) is 1.69. The average molecular weight is 245 g/mol. The van der Waals surface area contributed by atoms with Crippen molar-refractivity contribution in [2.45, 2.75) is 12.8 Å². The molecule has 0 spiro atoms. The van der Waals surface area contributed by atoms with E-state index in [4.69, 9.17) is 5.73 Å². The predicted molar refractivity (Wildman–Crippen MR) is 69.4 cm³/mol. The monoisotopic (exact) mass is 245 g/mol. The Morgan fingerprint density at radius 3 is 2.61 bits per heavy atom. The molecule has 1 aromatic heterocycles. The van der Waals surface area contributed by atoms with Crippen LogP contribution in [-0.2, 0) is 0 Å². The minimum atomic E-state index is -0.357. The van der Waals surface area contributed by atoms with Gasteiger partial charge in [-0.1, -0.05) is 37.3 Å². The molecule has 18 heavy (non-hydrogen) atoms. The van der Waals surface area contributed by atoms with E-state index >= 15 is 0 Å². The van der Waals surface area contributed by atoms with Crippen LogP contribution in [0.3, 0.4) is 0 Å². The maximum absolute atomic E-state index is 12.0. The van der Waals surface area contributed by atoms with Crippen molar-refractivity contribution in [1.29, 1.82) is 0 Å². The molecule has 2 rings (SSSR count). The molecule has 1 atom stereocenters. The van der Waals surface area contributed by atoms with Gasteiger partial charge in [-0.05, 0) is 5.56 Å². The van der Waals surface area contributed by atoms with Gasteiger partial charge in [-0.15, -0.1) is 0 Å².